The molecule has 2 N–H and O–H groups in total. The van der Waals surface area contributed by atoms with Crippen LogP contribution in [0.5, 0.6) is 0 Å². The molecular weight excluding hydrogens is 208 g/mol. The summed E-state index contributed by atoms with van der Waals surface area (Å²) in [4.78, 5) is 11.2. The average molecular weight is 232 g/mol. The van der Waals surface area contributed by atoms with Crippen LogP contribution in [0.15, 0.2) is 0 Å². The van der Waals surface area contributed by atoms with E-state index in [1.807, 2.05) is 13.8 Å². The van der Waals surface area contributed by atoms with Gasteiger partial charge in [-0.15, -0.1) is 0 Å². The van der Waals surface area contributed by atoms with Crippen molar-refractivity contribution in [1.29, 1.82) is 0 Å². The van der Waals surface area contributed by atoms with E-state index in [-0.39, 0.29) is 12.0 Å². The molecule has 0 aromatic heterocycles. The van der Waals surface area contributed by atoms with Gasteiger partial charge in [0.05, 0.1) is 19.3 Å². The fraction of sp³-hybridized carbons (Fsp3) is 0.909. The number of hydrogen-bond donors (Lipinski definition) is 2. The number of amides is 1. The molecule has 0 aliphatic rings. The average Bonchev–Trinajstić information content (AvgIpc) is 2.23. The van der Waals surface area contributed by atoms with E-state index in [0.29, 0.717) is 32.8 Å². The van der Waals surface area contributed by atoms with Crippen molar-refractivity contribution in [3.05, 3.63) is 0 Å². The third-order valence-corrected chi connectivity index (χ3v) is 1.86. The van der Waals surface area contributed by atoms with Gasteiger partial charge in [0, 0.05) is 26.8 Å². The fourth-order valence-electron chi connectivity index (χ4n) is 1.06. The Labute approximate surface area is 97.9 Å². The van der Waals surface area contributed by atoms with E-state index in [2.05, 4.69) is 10.6 Å². The van der Waals surface area contributed by atoms with E-state index < -0.39 is 0 Å². The molecule has 0 bridgehead atoms. The molecule has 0 heterocycles. The van der Waals surface area contributed by atoms with Gasteiger partial charge in [0.15, 0.2) is 0 Å². The predicted octanol–water partition coefficient (Wildman–Crippen LogP) is 0.154. The zero-order valence-corrected chi connectivity index (χ0v) is 10.5. The molecule has 0 spiro atoms. The van der Waals surface area contributed by atoms with Gasteiger partial charge < -0.3 is 20.1 Å². The van der Waals surface area contributed by atoms with Gasteiger partial charge in [0.1, 0.15) is 0 Å². The smallest absolute Gasteiger partial charge is 0.233 e. The quantitative estimate of drug-likeness (QED) is 0.527. The second-order valence-electron chi connectivity index (χ2n) is 3.79. The van der Waals surface area contributed by atoms with E-state index in [1.165, 1.54) is 0 Å². The van der Waals surface area contributed by atoms with E-state index in [1.54, 1.807) is 7.11 Å². The van der Waals surface area contributed by atoms with Crippen molar-refractivity contribution < 1.29 is 14.3 Å². The van der Waals surface area contributed by atoms with Gasteiger partial charge in [-0.3, -0.25) is 4.79 Å². The molecule has 0 aromatic carbocycles. The number of methoxy groups -OCH3 is 1. The summed E-state index contributed by atoms with van der Waals surface area (Å²) in [5, 5.41) is 5.79. The molecule has 16 heavy (non-hydrogen) atoms. The highest BCUT2D eigenvalue weighted by Crippen LogP contribution is 1.88. The molecule has 0 aliphatic heterocycles. The van der Waals surface area contributed by atoms with Crippen LogP contribution < -0.4 is 10.6 Å². The molecule has 5 nitrogen and oxygen atoms in total. The zero-order valence-electron chi connectivity index (χ0n) is 10.5. The van der Waals surface area contributed by atoms with Crippen LogP contribution in [0.2, 0.25) is 0 Å². The summed E-state index contributed by atoms with van der Waals surface area (Å²) >= 11 is 0. The lowest BCUT2D eigenvalue weighted by Gasteiger charge is -2.08. The second-order valence-corrected chi connectivity index (χ2v) is 3.79. The summed E-state index contributed by atoms with van der Waals surface area (Å²) < 4.78 is 10.2. The van der Waals surface area contributed by atoms with Crippen LogP contribution in [0.1, 0.15) is 20.3 Å². The van der Waals surface area contributed by atoms with Crippen LogP contribution in [0.25, 0.3) is 0 Å². The van der Waals surface area contributed by atoms with Gasteiger partial charge in [-0.2, -0.15) is 0 Å². The Hall–Kier alpha value is -0.650. The number of carbonyl (C=O) groups is 1. The minimum atomic E-state index is 0.0145. The van der Waals surface area contributed by atoms with Crippen molar-refractivity contribution in [2.75, 3.05) is 40.0 Å². The lowest BCUT2D eigenvalue weighted by molar-refractivity contribution is -0.120. The van der Waals surface area contributed by atoms with Crippen molar-refractivity contribution in [1.82, 2.24) is 10.6 Å². The summed E-state index contributed by atoms with van der Waals surface area (Å²) in [5.74, 6) is 0.0145. The topological polar surface area (TPSA) is 59.6 Å². The molecule has 1 amide bonds. The summed E-state index contributed by atoms with van der Waals surface area (Å²) in [6.45, 7) is 7.01. The number of rotatable bonds is 10. The first-order chi connectivity index (χ1) is 7.66. The van der Waals surface area contributed by atoms with Crippen LogP contribution in [0.4, 0.5) is 0 Å². The maximum Gasteiger partial charge on any atom is 0.233 e. The first-order valence-electron chi connectivity index (χ1n) is 5.74. The highest BCUT2D eigenvalue weighted by Gasteiger charge is 1.99. The molecule has 0 radical (unpaired) electrons. The van der Waals surface area contributed by atoms with Crippen molar-refractivity contribution in [3.63, 3.8) is 0 Å². The molecule has 0 unspecified atom stereocenters. The number of carbonyl (C=O) groups excluding carboxylic acids is 1. The second kappa shape index (κ2) is 10.9. The number of nitrogens with one attached hydrogen (secondary N) is 2. The maximum absolute atomic E-state index is 11.2. The summed E-state index contributed by atoms with van der Waals surface area (Å²) in [7, 11) is 1.64. The van der Waals surface area contributed by atoms with Crippen molar-refractivity contribution in [2.45, 2.75) is 26.4 Å². The standard InChI is InChI=1S/C11H24N2O3/c1-10(2)16-7-4-5-13-11(14)9-12-6-8-15-3/h10,12H,4-9H2,1-3H3,(H,13,14). The van der Waals surface area contributed by atoms with Crippen molar-refractivity contribution >= 4 is 5.91 Å². The van der Waals surface area contributed by atoms with Crippen LogP contribution >= 0.6 is 0 Å². The molecule has 0 saturated heterocycles. The van der Waals surface area contributed by atoms with E-state index in [0.717, 1.165) is 6.42 Å². The molecule has 0 atom stereocenters. The van der Waals surface area contributed by atoms with Crippen LogP contribution in [0, 0.1) is 0 Å². The SMILES string of the molecule is COCCNCC(=O)NCCCOC(C)C. The van der Waals surface area contributed by atoms with Gasteiger partial charge in [0.25, 0.3) is 0 Å². The molecular formula is C11H24N2O3. The van der Waals surface area contributed by atoms with Gasteiger partial charge >= 0.3 is 0 Å². The predicted molar refractivity (Wildman–Crippen MR) is 63.5 cm³/mol. The minimum absolute atomic E-state index is 0.0145. The Balaban J connectivity index is 3.17. The normalized spacial score (nSPS) is 10.8. The Bertz CT molecular complexity index is 175. The Morgan fingerprint density at radius 3 is 2.62 bits per heavy atom. The number of hydrogen-bond acceptors (Lipinski definition) is 4. The molecule has 0 fully saturated rings. The van der Waals surface area contributed by atoms with Crippen molar-refractivity contribution in [3.8, 4) is 0 Å². The fourth-order valence-corrected chi connectivity index (χ4v) is 1.06. The Morgan fingerprint density at radius 2 is 2.00 bits per heavy atom. The maximum atomic E-state index is 11.2. The van der Waals surface area contributed by atoms with E-state index in [4.69, 9.17) is 9.47 Å². The largest absolute Gasteiger partial charge is 0.383 e. The third-order valence-electron chi connectivity index (χ3n) is 1.86. The van der Waals surface area contributed by atoms with Crippen molar-refractivity contribution in [2.24, 2.45) is 0 Å². The van der Waals surface area contributed by atoms with Crippen LogP contribution in [0.3, 0.4) is 0 Å². The van der Waals surface area contributed by atoms with Crippen LogP contribution in [-0.2, 0) is 14.3 Å². The van der Waals surface area contributed by atoms with Gasteiger partial charge in [-0.05, 0) is 20.3 Å². The summed E-state index contributed by atoms with van der Waals surface area (Å²) in [5.41, 5.74) is 0. The zero-order chi connectivity index (χ0) is 12.2. The Morgan fingerprint density at radius 1 is 1.25 bits per heavy atom. The summed E-state index contributed by atoms with van der Waals surface area (Å²) in [6.07, 6.45) is 1.11. The third kappa shape index (κ3) is 11.4. The lowest BCUT2D eigenvalue weighted by atomic mass is 10.4. The van der Waals surface area contributed by atoms with Crippen LogP contribution in [-0.4, -0.2) is 52.0 Å². The van der Waals surface area contributed by atoms with E-state index in [9.17, 15) is 4.79 Å². The minimum Gasteiger partial charge on any atom is -0.383 e. The monoisotopic (exact) mass is 232 g/mol. The van der Waals surface area contributed by atoms with E-state index >= 15 is 0 Å². The summed E-state index contributed by atoms with van der Waals surface area (Å²) in [6, 6.07) is 0. The van der Waals surface area contributed by atoms with Gasteiger partial charge in [-0.25, -0.2) is 0 Å². The molecule has 96 valence electrons. The first kappa shape index (κ1) is 15.3. The highest BCUT2D eigenvalue weighted by molar-refractivity contribution is 5.77. The molecule has 0 rings (SSSR count). The highest BCUT2D eigenvalue weighted by atomic mass is 16.5. The molecule has 5 heteroatoms. The molecule has 0 aliphatic carbocycles. The molecule has 0 aromatic rings. The van der Waals surface area contributed by atoms with Gasteiger partial charge in [-0.1, -0.05) is 0 Å². The Kier molecular flexibility index (Phi) is 10.4. The van der Waals surface area contributed by atoms with Gasteiger partial charge in [0.2, 0.25) is 5.91 Å². The lowest BCUT2D eigenvalue weighted by Crippen LogP contribution is -2.35. The molecule has 0 saturated carbocycles. The first-order valence-corrected chi connectivity index (χ1v) is 5.74. The number of ether oxygens (including phenoxy) is 2.